The Morgan fingerprint density at radius 2 is 1.80 bits per heavy atom. The summed E-state index contributed by atoms with van der Waals surface area (Å²) >= 11 is 1.59. The van der Waals surface area contributed by atoms with Gasteiger partial charge in [0.05, 0.1) is 5.88 Å². The van der Waals surface area contributed by atoms with E-state index in [1.54, 1.807) is 11.8 Å². The molecule has 1 aliphatic rings. The van der Waals surface area contributed by atoms with Gasteiger partial charge in [-0.25, -0.2) is 0 Å². The molecule has 1 aliphatic heterocycles. The molecule has 1 amide bonds. The Morgan fingerprint density at radius 1 is 1.10 bits per heavy atom. The van der Waals surface area contributed by atoms with Gasteiger partial charge in [-0.3, -0.25) is 4.79 Å². The van der Waals surface area contributed by atoms with Gasteiger partial charge in [0.25, 0.3) is 5.91 Å². The number of thioether (sulfide) groups is 1. The van der Waals surface area contributed by atoms with E-state index in [0.29, 0.717) is 5.56 Å². The SMILES string of the molecule is Cc1ccc(C(=O)N=C2SCN2c2ccccc2)cc1. The van der Waals surface area contributed by atoms with Crippen LogP contribution in [0.4, 0.5) is 5.69 Å². The van der Waals surface area contributed by atoms with Gasteiger partial charge in [0.2, 0.25) is 0 Å². The number of rotatable bonds is 2. The Morgan fingerprint density at radius 3 is 2.40 bits per heavy atom. The molecule has 0 unspecified atom stereocenters. The lowest BCUT2D eigenvalue weighted by Crippen LogP contribution is -2.39. The lowest BCUT2D eigenvalue weighted by molar-refractivity contribution is 0.100. The van der Waals surface area contributed by atoms with E-state index in [9.17, 15) is 4.79 Å². The summed E-state index contributed by atoms with van der Waals surface area (Å²) < 4.78 is 0. The van der Waals surface area contributed by atoms with Crippen LogP contribution in [-0.4, -0.2) is 17.0 Å². The predicted molar refractivity (Wildman–Crippen MR) is 84.3 cm³/mol. The van der Waals surface area contributed by atoms with Crippen molar-refractivity contribution in [3.63, 3.8) is 0 Å². The number of aryl methyl sites for hydroxylation is 1. The minimum Gasteiger partial charge on any atom is -0.311 e. The molecule has 0 spiro atoms. The van der Waals surface area contributed by atoms with Gasteiger partial charge in [0.1, 0.15) is 0 Å². The van der Waals surface area contributed by atoms with Crippen LogP contribution in [-0.2, 0) is 0 Å². The van der Waals surface area contributed by atoms with Crippen LogP contribution in [0, 0.1) is 6.92 Å². The van der Waals surface area contributed by atoms with Crippen molar-refractivity contribution in [2.45, 2.75) is 6.92 Å². The molecule has 2 aromatic carbocycles. The number of para-hydroxylation sites is 1. The second kappa shape index (κ2) is 5.51. The van der Waals surface area contributed by atoms with E-state index in [1.807, 2.05) is 66.4 Å². The standard InChI is InChI=1S/C16H14N2OS/c1-12-7-9-13(10-8-12)15(19)17-16-18(11-20-16)14-5-3-2-4-6-14/h2-10H,11H2,1H3. The summed E-state index contributed by atoms with van der Waals surface area (Å²) in [5.74, 6) is 0.650. The van der Waals surface area contributed by atoms with E-state index in [2.05, 4.69) is 4.99 Å². The molecule has 4 heteroatoms. The number of carbonyl (C=O) groups is 1. The fourth-order valence-electron chi connectivity index (χ4n) is 1.92. The zero-order valence-electron chi connectivity index (χ0n) is 11.1. The fraction of sp³-hybridized carbons (Fsp3) is 0.125. The van der Waals surface area contributed by atoms with Gasteiger partial charge in [-0.15, -0.1) is 0 Å². The number of nitrogens with zero attached hydrogens (tertiary/aromatic N) is 2. The summed E-state index contributed by atoms with van der Waals surface area (Å²) in [6, 6.07) is 17.5. The summed E-state index contributed by atoms with van der Waals surface area (Å²) in [4.78, 5) is 18.4. The van der Waals surface area contributed by atoms with Crippen LogP contribution >= 0.6 is 11.8 Å². The second-order valence-corrected chi connectivity index (χ2v) is 5.51. The van der Waals surface area contributed by atoms with Gasteiger partial charge in [0, 0.05) is 11.3 Å². The maximum Gasteiger partial charge on any atom is 0.279 e. The number of anilines is 1. The maximum absolute atomic E-state index is 12.1. The molecule has 2 aromatic rings. The number of amidine groups is 1. The van der Waals surface area contributed by atoms with Crippen molar-refractivity contribution < 1.29 is 4.79 Å². The van der Waals surface area contributed by atoms with Crippen LogP contribution in [0.1, 0.15) is 15.9 Å². The number of hydrogen-bond acceptors (Lipinski definition) is 2. The highest BCUT2D eigenvalue weighted by Crippen LogP contribution is 2.30. The molecule has 3 rings (SSSR count). The number of benzene rings is 2. The Hall–Kier alpha value is -2.07. The number of carbonyl (C=O) groups excluding carboxylic acids is 1. The minimum absolute atomic E-state index is 0.187. The molecule has 3 nitrogen and oxygen atoms in total. The number of aliphatic imine (C=N–C) groups is 1. The van der Waals surface area contributed by atoms with Gasteiger partial charge >= 0.3 is 0 Å². The number of hydrogen-bond donors (Lipinski definition) is 0. The van der Waals surface area contributed by atoms with Crippen molar-refractivity contribution in [1.29, 1.82) is 0 Å². The highest BCUT2D eigenvalue weighted by molar-refractivity contribution is 8.16. The van der Waals surface area contributed by atoms with Crippen LogP contribution in [0.5, 0.6) is 0 Å². The third kappa shape index (κ3) is 2.60. The first-order valence-corrected chi connectivity index (χ1v) is 7.38. The molecule has 20 heavy (non-hydrogen) atoms. The Kier molecular flexibility index (Phi) is 3.56. The molecule has 1 heterocycles. The second-order valence-electron chi connectivity index (χ2n) is 4.60. The monoisotopic (exact) mass is 282 g/mol. The van der Waals surface area contributed by atoms with Crippen LogP contribution in [0.3, 0.4) is 0 Å². The van der Waals surface area contributed by atoms with Crippen LogP contribution in [0.15, 0.2) is 59.6 Å². The van der Waals surface area contributed by atoms with E-state index in [1.165, 1.54) is 0 Å². The average Bonchev–Trinajstić information content (AvgIpc) is 2.45. The van der Waals surface area contributed by atoms with E-state index in [0.717, 1.165) is 22.3 Å². The molecule has 0 atom stereocenters. The largest absolute Gasteiger partial charge is 0.311 e. The van der Waals surface area contributed by atoms with Crippen molar-refractivity contribution in [1.82, 2.24) is 0 Å². The highest BCUT2D eigenvalue weighted by Gasteiger charge is 2.25. The summed E-state index contributed by atoms with van der Waals surface area (Å²) in [6.07, 6.45) is 0. The molecular formula is C16H14N2OS. The summed E-state index contributed by atoms with van der Waals surface area (Å²) in [5, 5.41) is 0.766. The molecule has 0 bridgehead atoms. The quantitative estimate of drug-likeness (QED) is 0.842. The number of amides is 1. The maximum atomic E-state index is 12.1. The lowest BCUT2D eigenvalue weighted by atomic mass is 10.1. The molecule has 100 valence electrons. The Balaban J connectivity index is 1.79. The van der Waals surface area contributed by atoms with Crippen LogP contribution < -0.4 is 4.90 Å². The third-order valence-corrected chi connectivity index (χ3v) is 4.07. The predicted octanol–water partition coefficient (Wildman–Crippen LogP) is 3.70. The topological polar surface area (TPSA) is 32.7 Å². The zero-order valence-corrected chi connectivity index (χ0v) is 11.9. The van der Waals surface area contributed by atoms with Crippen LogP contribution in [0.2, 0.25) is 0 Å². The van der Waals surface area contributed by atoms with Gasteiger partial charge in [-0.05, 0) is 31.2 Å². The van der Waals surface area contributed by atoms with Gasteiger partial charge in [-0.2, -0.15) is 4.99 Å². The highest BCUT2D eigenvalue weighted by atomic mass is 32.2. The lowest BCUT2D eigenvalue weighted by Gasteiger charge is -2.33. The molecule has 0 N–H and O–H groups in total. The third-order valence-electron chi connectivity index (χ3n) is 3.12. The van der Waals surface area contributed by atoms with Crippen molar-refractivity contribution in [3.8, 4) is 0 Å². The summed E-state index contributed by atoms with van der Waals surface area (Å²) in [5.41, 5.74) is 2.84. The molecule has 1 saturated heterocycles. The van der Waals surface area contributed by atoms with Crippen molar-refractivity contribution in [2.24, 2.45) is 4.99 Å². The molecule has 1 fully saturated rings. The summed E-state index contributed by atoms with van der Waals surface area (Å²) in [6.45, 7) is 2.00. The molecule has 0 radical (unpaired) electrons. The average molecular weight is 282 g/mol. The fourth-order valence-corrected chi connectivity index (χ4v) is 2.70. The van der Waals surface area contributed by atoms with Crippen molar-refractivity contribution >= 4 is 28.5 Å². The van der Waals surface area contributed by atoms with E-state index in [-0.39, 0.29) is 5.91 Å². The molecule has 0 aliphatic carbocycles. The summed E-state index contributed by atoms with van der Waals surface area (Å²) in [7, 11) is 0. The normalized spacial score (nSPS) is 16.1. The zero-order chi connectivity index (χ0) is 13.9. The van der Waals surface area contributed by atoms with Gasteiger partial charge in [0.15, 0.2) is 5.17 Å². The van der Waals surface area contributed by atoms with E-state index in [4.69, 9.17) is 0 Å². The van der Waals surface area contributed by atoms with E-state index >= 15 is 0 Å². The van der Waals surface area contributed by atoms with Crippen molar-refractivity contribution in [2.75, 3.05) is 10.8 Å². The van der Waals surface area contributed by atoms with Crippen molar-refractivity contribution in [3.05, 3.63) is 65.7 Å². The van der Waals surface area contributed by atoms with Crippen LogP contribution in [0.25, 0.3) is 0 Å². The minimum atomic E-state index is -0.187. The first-order valence-electron chi connectivity index (χ1n) is 6.39. The Labute approximate surface area is 122 Å². The van der Waals surface area contributed by atoms with Gasteiger partial charge < -0.3 is 4.90 Å². The molecule has 0 aromatic heterocycles. The Bertz CT molecular complexity index is 650. The van der Waals surface area contributed by atoms with Gasteiger partial charge in [-0.1, -0.05) is 47.7 Å². The first kappa shape index (κ1) is 12.9. The molecule has 0 saturated carbocycles. The molecular weight excluding hydrogens is 268 g/mol. The van der Waals surface area contributed by atoms with E-state index < -0.39 is 0 Å². The smallest absolute Gasteiger partial charge is 0.279 e. The first-order chi connectivity index (χ1) is 9.74.